The van der Waals surface area contributed by atoms with Crippen molar-refractivity contribution in [3.63, 3.8) is 0 Å². The van der Waals surface area contributed by atoms with Crippen molar-refractivity contribution < 1.29 is 14.3 Å². The van der Waals surface area contributed by atoms with E-state index in [-0.39, 0.29) is 11.3 Å². The van der Waals surface area contributed by atoms with E-state index >= 15 is 0 Å². The van der Waals surface area contributed by atoms with Gasteiger partial charge in [-0.15, -0.1) is 0 Å². The number of ether oxygens (including phenoxy) is 2. The van der Waals surface area contributed by atoms with E-state index in [0.717, 1.165) is 68.3 Å². The minimum Gasteiger partial charge on any atom is -0.493 e. The Balaban J connectivity index is 1.45. The molecular weight excluding hydrogens is 378 g/mol. The number of pyridine rings is 1. The van der Waals surface area contributed by atoms with Crippen LogP contribution in [-0.2, 0) is 6.54 Å². The van der Waals surface area contributed by atoms with Crippen LogP contribution in [0.15, 0.2) is 36.4 Å². The lowest BCUT2D eigenvalue weighted by Gasteiger charge is -2.40. The zero-order chi connectivity index (χ0) is 21.1. The average molecular weight is 410 g/mol. The van der Waals surface area contributed by atoms with Gasteiger partial charge in [0.1, 0.15) is 5.69 Å². The molecule has 1 spiro atoms. The van der Waals surface area contributed by atoms with Gasteiger partial charge in [-0.05, 0) is 50.9 Å². The van der Waals surface area contributed by atoms with Crippen LogP contribution in [-0.4, -0.2) is 61.1 Å². The number of nitrogens with zero attached hydrogens (tertiary/aromatic N) is 3. The molecule has 1 aromatic heterocycles. The minimum atomic E-state index is 0.0576. The van der Waals surface area contributed by atoms with Crippen molar-refractivity contribution in [2.45, 2.75) is 32.7 Å². The fourth-order valence-electron chi connectivity index (χ4n) is 5.03. The van der Waals surface area contributed by atoms with Crippen LogP contribution in [0, 0.1) is 12.3 Å². The van der Waals surface area contributed by atoms with Crippen LogP contribution in [0.3, 0.4) is 0 Å². The Morgan fingerprint density at radius 1 is 1.07 bits per heavy atom. The van der Waals surface area contributed by atoms with Crippen molar-refractivity contribution in [2.75, 3.05) is 40.4 Å². The van der Waals surface area contributed by atoms with Crippen LogP contribution in [0.1, 0.15) is 41.0 Å². The molecule has 2 fully saturated rings. The third-order valence-corrected chi connectivity index (χ3v) is 6.45. The lowest BCUT2D eigenvalue weighted by Crippen LogP contribution is -2.45. The van der Waals surface area contributed by atoms with E-state index in [9.17, 15) is 4.79 Å². The fourth-order valence-corrected chi connectivity index (χ4v) is 5.03. The Morgan fingerprint density at radius 3 is 2.67 bits per heavy atom. The Labute approximate surface area is 178 Å². The normalized spacial score (nSPS) is 21.8. The number of carbonyl (C=O) groups excluding carboxylic acids is 1. The Morgan fingerprint density at radius 2 is 1.90 bits per heavy atom. The van der Waals surface area contributed by atoms with Crippen molar-refractivity contribution in [3.8, 4) is 11.5 Å². The van der Waals surface area contributed by atoms with Crippen LogP contribution in [0.4, 0.5) is 0 Å². The Bertz CT molecular complexity index is 916. The predicted molar refractivity (Wildman–Crippen MR) is 116 cm³/mol. The summed E-state index contributed by atoms with van der Waals surface area (Å²) >= 11 is 0. The van der Waals surface area contributed by atoms with Gasteiger partial charge in [0, 0.05) is 42.9 Å². The van der Waals surface area contributed by atoms with Gasteiger partial charge in [-0.2, -0.15) is 0 Å². The number of rotatable bonds is 5. The molecule has 160 valence electrons. The van der Waals surface area contributed by atoms with Crippen molar-refractivity contribution in [3.05, 3.63) is 53.3 Å². The molecule has 0 N–H and O–H groups in total. The number of methoxy groups -OCH3 is 2. The molecule has 4 rings (SSSR count). The number of carbonyl (C=O) groups is 1. The maximum atomic E-state index is 13.0. The Kier molecular flexibility index (Phi) is 5.95. The number of para-hydroxylation sites is 1. The molecule has 1 atom stereocenters. The van der Waals surface area contributed by atoms with Crippen molar-refractivity contribution in [1.29, 1.82) is 0 Å². The zero-order valence-corrected chi connectivity index (χ0v) is 18.2. The highest BCUT2D eigenvalue weighted by Crippen LogP contribution is 2.40. The number of aryl methyl sites for hydroxylation is 1. The zero-order valence-electron chi connectivity index (χ0n) is 18.2. The minimum absolute atomic E-state index is 0.0576. The molecule has 30 heavy (non-hydrogen) atoms. The second-order valence-corrected chi connectivity index (χ2v) is 8.61. The molecule has 2 saturated heterocycles. The third-order valence-electron chi connectivity index (χ3n) is 6.45. The first-order chi connectivity index (χ1) is 14.5. The summed E-state index contributed by atoms with van der Waals surface area (Å²) in [4.78, 5) is 21.9. The highest BCUT2D eigenvalue weighted by molar-refractivity contribution is 5.92. The van der Waals surface area contributed by atoms with Crippen LogP contribution >= 0.6 is 0 Å². The quantitative estimate of drug-likeness (QED) is 0.756. The van der Waals surface area contributed by atoms with Gasteiger partial charge < -0.3 is 14.4 Å². The van der Waals surface area contributed by atoms with E-state index in [4.69, 9.17) is 9.47 Å². The standard InChI is InChI=1S/C24H31N3O3/c1-18-7-4-9-20(25-18)23(28)27-14-12-24(17-27)11-6-13-26(16-24)15-19-8-5-10-21(29-2)22(19)30-3/h4-5,7-10H,6,11-17H2,1-3H3. The highest BCUT2D eigenvalue weighted by Gasteiger charge is 2.43. The van der Waals surface area contributed by atoms with E-state index < -0.39 is 0 Å². The Hall–Kier alpha value is -2.60. The van der Waals surface area contributed by atoms with E-state index in [0.29, 0.717) is 5.69 Å². The van der Waals surface area contributed by atoms with Gasteiger partial charge in [-0.3, -0.25) is 9.69 Å². The smallest absolute Gasteiger partial charge is 0.272 e. The molecule has 1 aromatic carbocycles. The van der Waals surface area contributed by atoms with Gasteiger partial charge in [0.15, 0.2) is 11.5 Å². The van der Waals surface area contributed by atoms with Crippen LogP contribution in [0.2, 0.25) is 0 Å². The van der Waals surface area contributed by atoms with Gasteiger partial charge in [-0.1, -0.05) is 18.2 Å². The largest absolute Gasteiger partial charge is 0.493 e. The van der Waals surface area contributed by atoms with E-state index in [1.165, 1.54) is 6.42 Å². The highest BCUT2D eigenvalue weighted by atomic mass is 16.5. The van der Waals surface area contributed by atoms with Crippen molar-refractivity contribution in [1.82, 2.24) is 14.8 Å². The summed E-state index contributed by atoms with van der Waals surface area (Å²) in [5.41, 5.74) is 2.75. The topological polar surface area (TPSA) is 54.9 Å². The molecule has 2 aliphatic rings. The van der Waals surface area contributed by atoms with Gasteiger partial charge in [-0.25, -0.2) is 4.98 Å². The first-order valence-electron chi connectivity index (χ1n) is 10.7. The average Bonchev–Trinajstić information content (AvgIpc) is 3.16. The van der Waals surface area contributed by atoms with Gasteiger partial charge in [0.25, 0.3) is 5.91 Å². The number of hydrogen-bond donors (Lipinski definition) is 0. The molecule has 2 aromatic rings. The predicted octanol–water partition coefficient (Wildman–Crippen LogP) is 3.54. The van der Waals surface area contributed by atoms with E-state index in [1.807, 2.05) is 42.2 Å². The number of benzene rings is 1. The fraction of sp³-hybridized carbons (Fsp3) is 0.500. The summed E-state index contributed by atoms with van der Waals surface area (Å²) in [6, 6.07) is 11.7. The van der Waals surface area contributed by atoms with Crippen LogP contribution < -0.4 is 9.47 Å². The van der Waals surface area contributed by atoms with Crippen molar-refractivity contribution in [2.24, 2.45) is 5.41 Å². The summed E-state index contributed by atoms with van der Waals surface area (Å²) in [6.45, 7) is 6.44. The molecule has 2 aliphatic heterocycles. The summed E-state index contributed by atoms with van der Waals surface area (Å²) in [7, 11) is 3.36. The monoisotopic (exact) mass is 409 g/mol. The number of hydrogen-bond acceptors (Lipinski definition) is 5. The lowest BCUT2D eigenvalue weighted by atomic mass is 9.79. The summed E-state index contributed by atoms with van der Waals surface area (Å²) in [6.07, 6.45) is 3.37. The number of aromatic nitrogens is 1. The molecule has 6 heteroatoms. The second kappa shape index (κ2) is 8.64. The lowest BCUT2D eigenvalue weighted by molar-refractivity contribution is 0.0669. The second-order valence-electron chi connectivity index (χ2n) is 8.61. The van der Waals surface area contributed by atoms with Gasteiger partial charge >= 0.3 is 0 Å². The molecule has 3 heterocycles. The summed E-state index contributed by atoms with van der Waals surface area (Å²) in [5, 5.41) is 0. The van der Waals surface area contributed by atoms with Crippen molar-refractivity contribution >= 4 is 5.91 Å². The van der Waals surface area contributed by atoms with Crippen LogP contribution in [0.5, 0.6) is 11.5 Å². The molecule has 0 bridgehead atoms. The number of amides is 1. The third kappa shape index (κ3) is 4.15. The first-order valence-corrected chi connectivity index (χ1v) is 10.7. The maximum absolute atomic E-state index is 13.0. The van der Waals surface area contributed by atoms with E-state index in [1.54, 1.807) is 14.2 Å². The number of piperidine rings is 1. The molecule has 1 amide bonds. The molecular formula is C24H31N3O3. The molecule has 6 nitrogen and oxygen atoms in total. The first kappa shape index (κ1) is 20.7. The SMILES string of the molecule is COc1cccc(CN2CCCC3(CCN(C(=O)c4cccc(C)n4)C3)C2)c1OC. The molecule has 1 unspecified atom stereocenters. The van der Waals surface area contributed by atoms with Crippen LogP contribution in [0.25, 0.3) is 0 Å². The summed E-state index contributed by atoms with van der Waals surface area (Å²) in [5.74, 6) is 1.64. The summed E-state index contributed by atoms with van der Waals surface area (Å²) < 4.78 is 11.1. The molecule has 0 aliphatic carbocycles. The molecule has 0 radical (unpaired) electrons. The number of likely N-dealkylation sites (tertiary alicyclic amines) is 2. The molecule has 0 saturated carbocycles. The van der Waals surface area contributed by atoms with Gasteiger partial charge in [0.05, 0.1) is 14.2 Å². The van der Waals surface area contributed by atoms with E-state index in [2.05, 4.69) is 16.0 Å². The maximum Gasteiger partial charge on any atom is 0.272 e. The van der Waals surface area contributed by atoms with Gasteiger partial charge in [0.2, 0.25) is 0 Å².